The molecular formula is C27H35N3. The first-order valence-corrected chi connectivity index (χ1v) is 11.0. The van der Waals surface area contributed by atoms with Gasteiger partial charge in [0.25, 0.3) is 0 Å². The van der Waals surface area contributed by atoms with Crippen molar-refractivity contribution >= 4 is 0 Å². The van der Waals surface area contributed by atoms with Gasteiger partial charge in [0.05, 0.1) is 0 Å². The average Bonchev–Trinajstić information content (AvgIpc) is 2.65. The number of hydrogen-bond donors (Lipinski definition) is 0. The number of hydrogen-bond acceptors (Lipinski definition) is 3. The molecule has 0 radical (unpaired) electrons. The number of nitrogens with zero attached hydrogens (tertiary/aromatic N) is 3. The SMILES string of the molecule is Cc1cc(C)cc(CCc2c(C)c(C)c(C)c(CCc3nc(C)nc(C)n3)c2C)c1. The van der Waals surface area contributed by atoms with Gasteiger partial charge in [0, 0.05) is 6.42 Å². The Morgan fingerprint density at radius 3 is 1.53 bits per heavy atom. The summed E-state index contributed by atoms with van der Waals surface area (Å²) < 4.78 is 0. The molecule has 3 aromatic rings. The lowest BCUT2D eigenvalue weighted by Crippen LogP contribution is -2.10. The van der Waals surface area contributed by atoms with Crippen LogP contribution in [0.25, 0.3) is 0 Å². The molecule has 158 valence electrons. The summed E-state index contributed by atoms with van der Waals surface area (Å²) in [4.78, 5) is 13.4. The van der Waals surface area contributed by atoms with Gasteiger partial charge < -0.3 is 0 Å². The standard InChI is InChI=1S/C27H35N3/c1-16-13-17(2)15-24(14-16)9-10-25-19(4)18(3)20(5)26(21(25)6)11-12-27-29-22(7)28-23(8)30-27/h13-15H,9-12H2,1-8H3. The number of aromatic nitrogens is 3. The van der Waals surface area contributed by atoms with Gasteiger partial charge in [-0.3, -0.25) is 0 Å². The van der Waals surface area contributed by atoms with Gasteiger partial charge in [-0.1, -0.05) is 29.3 Å². The third kappa shape index (κ3) is 4.95. The van der Waals surface area contributed by atoms with E-state index in [1.165, 1.54) is 50.1 Å². The molecule has 0 saturated heterocycles. The van der Waals surface area contributed by atoms with Crippen LogP contribution < -0.4 is 0 Å². The van der Waals surface area contributed by atoms with Crippen molar-refractivity contribution in [2.24, 2.45) is 0 Å². The van der Waals surface area contributed by atoms with Crippen molar-refractivity contribution in [1.29, 1.82) is 0 Å². The molecule has 1 heterocycles. The van der Waals surface area contributed by atoms with Gasteiger partial charge in [-0.05, 0) is 114 Å². The summed E-state index contributed by atoms with van der Waals surface area (Å²) in [7, 11) is 0. The van der Waals surface area contributed by atoms with Crippen LogP contribution in [0.4, 0.5) is 0 Å². The first-order chi connectivity index (χ1) is 14.2. The van der Waals surface area contributed by atoms with Crippen LogP contribution in [0.15, 0.2) is 18.2 Å². The van der Waals surface area contributed by atoms with Gasteiger partial charge in [0.15, 0.2) is 0 Å². The molecule has 3 rings (SSSR count). The summed E-state index contributed by atoms with van der Waals surface area (Å²) in [6.07, 6.45) is 3.99. The van der Waals surface area contributed by atoms with Crippen molar-refractivity contribution in [3.63, 3.8) is 0 Å². The summed E-state index contributed by atoms with van der Waals surface area (Å²) in [6, 6.07) is 6.90. The maximum Gasteiger partial charge on any atom is 0.132 e. The monoisotopic (exact) mass is 401 g/mol. The van der Waals surface area contributed by atoms with Crippen LogP contribution >= 0.6 is 0 Å². The maximum absolute atomic E-state index is 4.54. The van der Waals surface area contributed by atoms with Crippen LogP contribution in [0.5, 0.6) is 0 Å². The van der Waals surface area contributed by atoms with E-state index < -0.39 is 0 Å². The van der Waals surface area contributed by atoms with Crippen LogP contribution in [-0.2, 0) is 25.7 Å². The van der Waals surface area contributed by atoms with Crippen LogP contribution in [-0.4, -0.2) is 15.0 Å². The molecule has 0 fully saturated rings. The van der Waals surface area contributed by atoms with Gasteiger partial charge >= 0.3 is 0 Å². The number of aryl methyl sites for hydroxylation is 6. The van der Waals surface area contributed by atoms with E-state index in [-0.39, 0.29) is 0 Å². The molecule has 2 aromatic carbocycles. The van der Waals surface area contributed by atoms with Crippen molar-refractivity contribution in [2.75, 3.05) is 0 Å². The zero-order chi connectivity index (χ0) is 22.0. The largest absolute Gasteiger partial charge is 0.219 e. The Labute approximate surface area is 182 Å². The summed E-state index contributed by atoms with van der Waals surface area (Å²) >= 11 is 0. The molecule has 0 aliphatic heterocycles. The van der Waals surface area contributed by atoms with E-state index in [2.05, 4.69) is 74.7 Å². The zero-order valence-corrected chi connectivity index (χ0v) is 19.9. The Kier molecular flexibility index (Phi) is 6.70. The minimum Gasteiger partial charge on any atom is -0.219 e. The van der Waals surface area contributed by atoms with Crippen LogP contribution in [0.2, 0.25) is 0 Å². The summed E-state index contributed by atoms with van der Waals surface area (Å²) in [5.74, 6) is 2.51. The summed E-state index contributed by atoms with van der Waals surface area (Å²) in [5.41, 5.74) is 12.8. The second kappa shape index (κ2) is 9.07. The fraction of sp³-hybridized carbons (Fsp3) is 0.444. The highest BCUT2D eigenvalue weighted by Gasteiger charge is 2.15. The number of rotatable bonds is 6. The van der Waals surface area contributed by atoms with E-state index in [9.17, 15) is 0 Å². The maximum atomic E-state index is 4.54. The van der Waals surface area contributed by atoms with E-state index in [0.29, 0.717) is 0 Å². The Morgan fingerprint density at radius 1 is 0.500 bits per heavy atom. The Hall–Kier alpha value is -2.55. The minimum atomic E-state index is 0.806. The first kappa shape index (κ1) is 22.1. The zero-order valence-electron chi connectivity index (χ0n) is 19.9. The fourth-order valence-corrected chi connectivity index (χ4v) is 4.74. The smallest absolute Gasteiger partial charge is 0.132 e. The first-order valence-electron chi connectivity index (χ1n) is 11.0. The third-order valence-electron chi connectivity index (χ3n) is 6.38. The topological polar surface area (TPSA) is 38.7 Å². The molecule has 0 N–H and O–H groups in total. The van der Waals surface area contributed by atoms with Crippen molar-refractivity contribution in [3.8, 4) is 0 Å². The molecule has 0 saturated carbocycles. The molecular weight excluding hydrogens is 366 g/mol. The molecule has 0 spiro atoms. The quantitative estimate of drug-likeness (QED) is 0.515. The lowest BCUT2D eigenvalue weighted by atomic mass is 9.84. The van der Waals surface area contributed by atoms with Gasteiger partial charge in [-0.2, -0.15) is 0 Å². The highest BCUT2D eigenvalue weighted by Crippen LogP contribution is 2.29. The molecule has 0 bridgehead atoms. The van der Waals surface area contributed by atoms with E-state index in [1.54, 1.807) is 0 Å². The van der Waals surface area contributed by atoms with E-state index in [4.69, 9.17) is 0 Å². The van der Waals surface area contributed by atoms with E-state index >= 15 is 0 Å². The lowest BCUT2D eigenvalue weighted by molar-refractivity contribution is 0.785. The van der Waals surface area contributed by atoms with E-state index in [0.717, 1.165) is 43.2 Å². The predicted molar refractivity (Wildman–Crippen MR) is 125 cm³/mol. The molecule has 0 amide bonds. The number of benzene rings is 2. The normalized spacial score (nSPS) is 11.2. The van der Waals surface area contributed by atoms with Crippen molar-refractivity contribution in [3.05, 3.63) is 85.7 Å². The average molecular weight is 402 g/mol. The summed E-state index contributed by atoms with van der Waals surface area (Å²) in [5, 5.41) is 0. The third-order valence-corrected chi connectivity index (χ3v) is 6.38. The van der Waals surface area contributed by atoms with Crippen LogP contribution in [0, 0.1) is 55.4 Å². The second-order valence-electron chi connectivity index (χ2n) is 8.80. The Bertz CT molecular complexity index is 957. The molecule has 0 aliphatic rings. The lowest BCUT2D eigenvalue weighted by Gasteiger charge is -2.21. The molecule has 0 aliphatic carbocycles. The molecule has 3 heteroatoms. The second-order valence-corrected chi connectivity index (χ2v) is 8.80. The Morgan fingerprint density at radius 2 is 1.00 bits per heavy atom. The van der Waals surface area contributed by atoms with Crippen LogP contribution in [0.1, 0.15) is 67.5 Å². The highest BCUT2D eigenvalue weighted by atomic mass is 15.0. The van der Waals surface area contributed by atoms with Crippen LogP contribution in [0.3, 0.4) is 0 Å². The van der Waals surface area contributed by atoms with Gasteiger partial charge in [0.2, 0.25) is 0 Å². The van der Waals surface area contributed by atoms with E-state index in [1.807, 2.05) is 13.8 Å². The molecule has 0 atom stereocenters. The Balaban J connectivity index is 1.88. The van der Waals surface area contributed by atoms with Gasteiger partial charge in [-0.25, -0.2) is 15.0 Å². The molecule has 3 nitrogen and oxygen atoms in total. The molecule has 0 unspecified atom stereocenters. The molecule has 30 heavy (non-hydrogen) atoms. The summed E-state index contributed by atoms with van der Waals surface area (Å²) in [6.45, 7) is 17.4. The van der Waals surface area contributed by atoms with Crippen molar-refractivity contribution < 1.29 is 0 Å². The fourth-order valence-electron chi connectivity index (χ4n) is 4.74. The van der Waals surface area contributed by atoms with Gasteiger partial charge in [-0.15, -0.1) is 0 Å². The highest BCUT2D eigenvalue weighted by molar-refractivity contribution is 5.50. The molecule has 1 aromatic heterocycles. The predicted octanol–water partition coefficient (Wildman–Crippen LogP) is 5.91. The van der Waals surface area contributed by atoms with Gasteiger partial charge in [0.1, 0.15) is 17.5 Å². The van der Waals surface area contributed by atoms with Crippen molar-refractivity contribution in [2.45, 2.75) is 81.1 Å². The van der Waals surface area contributed by atoms with Crippen molar-refractivity contribution in [1.82, 2.24) is 15.0 Å². The minimum absolute atomic E-state index is 0.806.